The van der Waals surface area contributed by atoms with E-state index in [1.807, 2.05) is 4.72 Å². The van der Waals surface area contributed by atoms with E-state index in [1.165, 1.54) is 12.1 Å². The number of sulfonamides is 1. The fourth-order valence-corrected chi connectivity index (χ4v) is 3.06. The molecule has 0 aliphatic carbocycles. The largest absolute Gasteiger partial charge is 0.298 e. The zero-order chi connectivity index (χ0) is 11.8. The van der Waals surface area contributed by atoms with Crippen LogP contribution in [-0.4, -0.2) is 20.6 Å². The van der Waals surface area contributed by atoms with Gasteiger partial charge in [-0.05, 0) is 5.56 Å². The Morgan fingerprint density at radius 2 is 1.88 bits per heavy atom. The first-order valence-electron chi connectivity index (χ1n) is 4.62. The quantitative estimate of drug-likeness (QED) is 0.757. The van der Waals surface area contributed by atoms with Crippen molar-refractivity contribution < 1.29 is 18.0 Å². The van der Waals surface area contributed by atoms with E-state index in [0.29, 0.717) is 17.4 Å². The Labute approximate surface area is 92.5 Å². The molecule has 1 aromatic rings. The second kappa shape index (κ2) is 3.71. The number of carbonyl (C=O) groups is 2. The van der Waals surface area contributed by atoms with Crippen LogP contribution in [0.2, 0.25) is 0 Å². The maximum atomic E-state index is 11.5. The van der Waals surface area contributed by atoms with Crippen molar-refractivity contribution in [3.63, 3.8) is 0 Å². The van der Waals surface area contributed by atoms with Crippen molar-refractivity contribution in [3.05, 3.63) is 35.4 Å². The molecule has 1 atom stereocenters. The first-order valence-corrected chi connectivity index (χ1v) is 6.17. The molecule has 6 heteroatoms. The van der Waals surface area contributed by atoms with Crippen LogP contribution in [0.1, 0.15) is 27.6 Å². The monoisotopic (exact) mass is 239 g/mol. The van der Waals surface area contributed by atoms with Crippen molar-refractivity contribution >= 4 is 22.2 Å². The van der Waals surface area contributed by atoms with Gasteiger partial charge in [-0.2, -0.15) is 0 Å². The van der Waals surface area contributed by atoms with E-state index in [-0.39, 0.29) is 6.42 Å². The Morgan fingerprint density at radius 1 is 1.25 bits per heavy atom. The summed E-state index contributed by atoms with van der Waals surface area (Å²) in [5.74, 6) is -0.496. The van der Waals surface area contributed by atoms with Gasteiger partial charge < -0.3 is 0 Å². The summed E-state index contributed by atoms with van der Waals surface area (Å²) in [6, 6.07) is 6.15. The van der Waals surface area contributed by atoms with Gasteiger partial charge in [0.05, 0.1) is 6.42 Å². The van der Waals surface area contributed by atoms with Gasteiger partial charge in [0, 0.05) is 5.56 Å². The van der Waals surface area contributed by atoms with E-state index in [4.69, 9.17) is 0 Å². The summed E-state index contributed by atoms with van der Waals surface area (Å²) in [5.41, 5.74) is 0.988. The van der Waals surface area contributed by atoms with Gasteiger partial charge in [0.25, 0.3) is 0 Å². The molecule has 1 aliphatic heterocycles. The van der Waals surface area contributed by atoms with Crippen LogP contribution < -0.4 is 4.72 Å². The molecule has 1 aliphatic rings. The molecule has 1 unspecified atom stereocenters. The lowest BCUT2D eigenvalue weighted by atomic mass is 10.1. The lowest BCUT2D eigenvalue weighted by Crippen LogP contribution is -2.21. The molecule has 0 aromatic heterocycles. The predicted octanol–water partition coefficient (Wildman–Crippen LogP) is 0.390. The molecule has 0 radical (unpaired) electrons. The Kier molecular flexibility index (Phi) is 2.51. The summed E-state index contributed by atoms with van der Waals surface area (Å²) in [6.07, 6.45) is 0.610. The fourth-order valence-electron chi connectivity index (χ4n) is 1.64. The number of carbonyl (C=O) groups excluding carboxylic acids is 2. The lowest BCUT2D eigenvalue weighted by molar-refractivity contribution is -0.118. The van der Waals surface area contributed by atoms with Crippen molar-refractivity contribution in [2.24, 2.45) is 0 Å². The predicted molar refractivity (Wildman–Crippen MR) is 56.3 cm³/mol. The van der Waals surface area contributed by atoms with Crippen LogP contribution in [0.5, 0.6) is 0 Å². The second-order valence-corrected chi connectivity index (χ2v) is 5.41. The number of benzene rings is 1. The highest BCUT2D eigenvalue weighted by atomic mass is 32.2. The fraction of sp³-hybridized carbons (Fsp3) is 0.200. The minimum atomic E-state index is -3.60. The van der Waals surface area contributed by atoms with Gasteiger partial charge in [0.15, 0.2) is 0 Å². The van der Waals surface area contributed by atoms with Crippen LogP contribution in [0.4, 0.5) is 0 Å². The average molecular weight is 239 g/mol. The van der Waals surface area contributed by atoms with Crippen LogP contribution >= 0.6 is 0 Å². The van der Waals surface area contributed by atoms with Gasteiger partial charge >= 0.3 is 0 Å². The maximum absolute atomic E-state index is 11.5. The summed E-state index contributed by atoms with van der Waals surface area (Å²) in [5, 5.41) is -0.847. The molecule has 0 bridgehead atoms. The Bertz CT molecular complexity index is 532. The molecule has 5 nitrogen and oxygen atoms in total. The maximum Gasteiger partial charge on any atom is 0.242 e. The minimum absolute atomic E-state index is 0.0667. The van der Waals surface area contributed by atoms with Gasteiger partial charge in [0.2, 0.25) is 15.9 Å². The SMILES string of the molecule is O=Cc1ccc(C2CC(=O)NS2(=O)=O)cc1. The molecule has 0 saturated carbocycles. The smallest absolute Gasteiger partial charge is 0.242 e. The van der Waals surface area contributed by atoms with Crippen LogP contribution in [0.3, 0.4) is 0 Å². The molecular formula is C10H9NO4S. The molecular weight excluding hydrogens is 230 g/mol. The molecule has 1 saturated heterocycles. The summed E-state index contributed by atoms with van der Waals surface area (Å²) in [4.78, 5) is 21.5. The summed E-state index contributed by atoms with van der Waals surface area (Å²) < 4.78 is 25.0. The van der Waals surface area contributed by atoms with E-state index in [1.54, 1.807) is 12.1 Å². The van der Waals surface area contributed by atoms with Gasteiger partial charge in [-0.3, -0.25) is 14.3 Å². The standard InChI is InChI=1S/C10H9NO4S/c12-6-7-1-3-8(4-2-7)9-5-10(13)11-16(9,14)15/h1-4,6,9H,5H2,(H,11,13). The highest BCUT2D eigenvalue weighted by molar-refractivity contribution is 7.90. The van der Waals surface area contributed by atoms with Crippen molar-refractivity contribution in [2.75, 3.05) is 0 Å². The number of aldehydes is 1. The van der Waals surface area contributed by atoms with Gasteiger partial charge in [-0.15, -0.1) is 0 Å². The Morgan fingerprint density at radius 3 is 2.31 bits per heavy atom. The first kappa shape index (κ1) is 10.8. The lowest BCUT2D eigenvalue weighted by Gasteiger charge is -2.07. The Balaban J connectivity index is 2.37. The van der Waals surface area contributed by atoms with Gasteiger partial charge in [-0.1, -0.05) is 24.3 Å². The molecule has 84 valence electrons. The van der Waals surface area contributed by atoms with Crippen LogP contribution in [0.25, 0.3) is 0 Å². The van der Waals surface area contributed by atoms with Crippen LogP contribution in [0, 0.1) is 0 Å². The van der Waals surface area contributed by atoms with Gasteiger partial charge in [0.1, 0.15) is 11.5 Å². The zero-order valence-corrected chi connectivity index (χ0v) is 9.03. The minimum Gasteiger partial charge on any atom is -0.298 e. The third kappa shape index (κ3) is 1.83. The normalized spacial score (nSPS) is 22.8. The van der Waals surface area contributed by atoms with E-state index >= 15 is 0 Å². The van der Waals surface area contributed by atoms with E-state index in [2.05, 4.69) is 0 Å². The summed E-state index contributed by atoms with van der Waals surface area (Å²) in [7, 11) is -3.60. The number of hydrogen-bond donors (Lipinski definition) is 1. The molecule has 2 rings (SSSR count). The third-order valence-electron chi connectivity index (χ3n) is 2.45. The van der Waals surface area contributed by atoms with Crippen molar-refractivity contribution in [2.45, 2.75) is 11.7 Å². The highest BCUT2D eigenvalue weighted by Crippen LogP contribution is 2.29. The van der Waals surface area contributed by atoms with E-state index < -0.39 is 21.2 Å². The second-order valence-electron chi connectivity index (χ2n) is 3.55. The van der Waals surface area contributed by atoms with Crippen LogP contribution in [-0.2, 0) is 14.8 Å². The first-order chi connectivity index (χ1) is 7.53. The van der Waals surface area contributed by atoms with Gasteiger partial charge in [-0.25, -0.2) is 8.42 Å². The Hall–Kier alpha value is -1.69. The van der Waals surface area contributed by atoms with Crippen LogP contribution in [0.15, 0.2) is 24.3 Å². The number of nitrogens with one attached hydrogen (secondary N) is 1. The molecule has 1 amide bonds. The topological polar surface area (TPSA) is 80.3 Å². The highest BCUT2D eigenvalue weighted by Gasteiger charge is 2.37. The molecule has 1 heterocycles. The average Bonchev–Trinajstić information content (AvgIpc) is 2.52. The molecule has 16 heavy (non-hydrogen) atoms. The van der Waals surface area contributed by atoms with E-state index in [0.717, 1.165) is 0 Å². The molecule has 1 N–H and O–H groups in total. The third-order valence-corrected chi connectivity index (χ3v) is 4.15. The zero-order valence-electron chi connectivity index (χ0n) is 8.21. The number of rotatable bonds is 2. The van der Waals surface area contributed by atoms with Crippen molar-refractivity contribution in [1.82, 2.24) is 4.72 Å². The van der Waals surface area contributed by atoms with Crippen molar-refractivity contribution in [1.29, 1.82) is 0 Å². The van der Waals surface area contributed by atoms with Crippen molar-refractivity contribution in [3.8, 4) is 0 Å². The molecule has 1 aromatic carbocycles. The summed E-state index contributed by atoms with van der Waals surface area (Å²) in [6.45, 7) is 0. The van der Waals surface area contributed by atoms with E-state index in [9.17, 15) is 18.0 Å². The number of amides is 1. The summed E-state index contributed by atoms with van der Waals surface area (Å²) >= 11 is 0. The molecule has 0 spiro atoms. The molecule has 1 fully saturated rings. The number of hydrogen-bond acceptors (Lipinski definition) is 4.